The summed E-state index contributed by atoms with van der Waals surface area (Å²) in [6.45, 7) is 0.396. The van der Waals surface area contributed by atoms with E-state index in [1.165, 1.54) is 6.08 Å². The zero-order valence-electron chi connectivity index (χ0n) is 8.15. The molecule has 1 aromatic carbocycles. The van der Waals surface area contributed by atoms with Crippen LogP contribution in [0, 0.1) is 0 Å². The zero-order valence-corrected chi connectivity index (χ0v) is 8.15. The van der Waals surface area contributed by atoms with E-state index in [1.807, 2.05) is 0 Å². The number of aliphatic imine (C=N–C) groups is 1. The van der Waals surface area contributed by atoms with E-state index < -0.39 is 0 Å². The maximum absolute atomic E-state index is 10.0. The van der Waals surface area contributed by atoms with Gasteiger partial charge in [0.2, 0.25) is 12.9 Å². The first-order chi connectivity index (χ1) is 7.35. The van der Waals surface area contributed by atoms with Gasteiger partial charge in [0.25, 0.3) is 0 Å². The Kier molecular flexibility index (Phi) is 2.56. The second kappa shape index (κ2) is 4.02. The second-order valence-corrected chi connectivity index (χ2v) is 2.93. The van der Waals surface area contributed by atoms with E-state index in [0.29, 0.717) is 17.2 Å². The van der Waals surface area contributed by atoms with E-state index in [1.54, 1.807) is 19.2 Å². The fourth-order valence-electron chi connectivity index (χ4n) is 1.41. The number of fused-ring (bicyclic) bond motifs is 1. The van der Waals surface area contributed by atoms with Crippen LogP contribution < -0.4 is 14.2 Å². The van der Waals surface area contributed by atoms with Crippen molar-refractivity contribution in [1.29, 1.82) is 0 Å². The third-order valence-corrected chi connectivity index (χ3v) is 2.07. The van der Waals surface area contributed by atoms with Crippen molar-refractivity contribution in [3.8, 4) is 17.2 Å². The molecule has 0 fully saturated rings. The van der Waals surface area contributed by atoms with Crippen molar-refractivity contribution in [2.75, 3.05) is 13.9 Å². The molecule has 1 aliphatic heterocycles. The number of hydrogen-bond donors (Lipinski definition) is 0. The minimum absolute atomic E-state index is 0.181. The lowest BCUT2D eigenvalue weighted by Crippen LogP contribution is -1.94. The molecule has 0 saturated heterocycles. The van der Waals surface area contributed by atoms with Gasteiger partial charge in [-0.25, -0.2) is 9.79 Å². The first-order valence-electron chi connectivity index (χ1n) is 4.35. The highest BCUT2D eigenvalue weighted by Crippen LogP contribution is 2.39. The third-order valence-electron chi connectivity index (χ3n) is 2.07. The third kappa shape index (κ3) is 1.78. The van der Waals surface area contributed by atoms with Gasteiger partial charge in [-0.2, -0.15) is 0 Å². The van der Waals surface area contributed by atoms with Gasteiger partial charge in [-0.3, -0.25) is 0 Å². The number of hydrogen-bond acceptors (Lipinski definition) is 5. The van der Waals surface area contributed by atoms with Crippen molar-refractivity contribution in [3.63, 3.8) is 0 Å². The Bertz CT molecular complexity index is 424. The van der Waals surface area contributed by atoms with Crippen LogP contribution in [0.15, 0.2) is 17.1 Å². The predicted octanol–water partition coefficient (Wildman–Crippen LogP) is 1.26. The monoisotopic (exact) mass is 207 g/mol. The molecule has 5 nitrogen and oxygen atoms in total. The van der Waals surface area contributed by atoms with Crippen LogP contribution >= 0.6 is 0 Å². The molecule has 0 spiro atoms. The molecule has 2 rings (SSSR count). The molecule has 0 atom stereocenters. The summed E-state index contributed by atoms with van der Waals surface area (Å²) in [4.78, 5) is 13.5. The van der Waals surface area contributed by atoms with Crippen LogP contribution in [0.1, 0.15) is 5.56 Å². The summed E-state index contributed by atoms with van der Waals surface area (Å²) < 4.78 is 15.6. The highest BCUT2D eigenvalue weighted by atomic mass is 16.7. The average Bonchev–Trinajstić information content (AvgIpc) is 2.73. The molecule has 0 N–H and O–H groups in total. The smallest absolute Gasteiger partial charge is 0.235 e. The Morgan fingerprint density at radius 1 is 1.53 bits per heavy atom. The van der Waals surface area contributed by atoms with Crippen LogP contribution in [-0.2, 0) is 11.3 Å². The Balaban J connectivity index is 2.42. The molecule has 1 aliphatic rings. The van der Waals surface area contributed by atoms with Gasteiger partial charge >= 0.3 is 0 Å². The normalized spacial score (nSPS) is 12.1. The fourth-order valence-corrected chi connectivity index (χ4v) is 1.41. The van der Waals surface area contributed by atoms with Gasteiger partial charge < -0.3 is 14.2 Å². The number of ether oxygens (including phenoxy) is 3. The molecular formula is C10H9NO4. The van der Waals surface area contributed by atoms with Crippen LogP contribution in [0.25, 0.3) is 0 Å². The van der Waals surface area contributed by atoms with Crippen LogP contribution in [-0.4, -0.2) is 20.0 Å². The minimum Gasteiger partial charge on any atom is -0.497 e. The lowest BCUT2D eigenvalue weighted by Gasteiger charge is -2.05. The minimum atomic E-state index is 0.181. The molecule has 0 aromatic heterocycles. The van der Waals surface area contributed by atoms with E-state index in [4.69, 9.17) is 14.2 Å². The topological polar surface area (TPSA) is 57.1 Å². The van der Waals surface area contributed by atoms with Crippen LogP contribution in [0.4, 0.5) is 0 Å². The molecule has 1 aromatic rings. The summed E-state index contributed by atoms with van der Waals surface area (Å²) in [5.41, 5.74) is 0.755. The molecular weight excluding hydrogens is 198 g/mol. The highest BCUT2D eigenvalue weighted by Gasteiger charge is 2.19. The van der Waals surface area contributed by atoms with Gasteiger partial charge in [-0.1, -0.05) is 0 Å². The van der Waals surface area contributed by atoms with E-state index in [0.717, 1.165) is 5.56 Å². The van der Waals surface area contributed by atoms with Gasteiger partial charge in [0.1, 0.15) is 5.75 Å². The standard InChI is InChI=1S/C10H9NO4/c1-13-8-2-7(4-11-5-12)10-9(3-8)14-6-15-10/h2-3H,4,6H2,1H3. The quantitative estimate of drug-likeness (QED) is 0.553. The van der Waals surface area contributed by atoms with E-state index in [2.05, 4.69) is 4.99 Å². The predicted molar refractivity (Wildman–Crippen MR) is 50.9 cm³/mol. The first kappa shape index (κ1) is 9.55. The fraction of sp³-hybridized carbons (Fsp3) is 0.300. The van der Waals surface area contributed by atoms with Crippen LogP contribution in [0.3, 0.4) is 0 Å². The second-order valence-electron chi connectivity index (χ2n) is 2.93. The van der Waals surface area contributed by atoms with E-state index >= 15 is 0 Å². The van der Waals surface area contributed by atoms with Crippen molar-refractivity contribution in [1.82, 2.24) is 0 Å². The molecule has 15 heavy (non-hydrogen) atoms. The van der Waals surface area contributed by atoms with Crippen molar-refractivity contribution in [2.45, 2.75) is 6.54 Å². The Labute approximate surface area is 86.3 Å². The van der Waals surface area contributed by atoms with Crippen molar-refractivity contribution in [2.24, 2.45) is 4.99 Å². The van der Waals surface area contributed by atoms with Gasteiger partial charge in [-0.15, -0.1) is 0 Å². The molecule has 5 heteroatoms. The van der Waals surface area contributed by atoms with Crippen molar-refractivity contribution in [3.05, 3.63) is 17.7 Å². The molecule has 1 heterocycles. The molecule has 0 saturated carbocycles. The lowest BCUT2D eigenvalue weighted by atomic mass is 10.1. The molecule has 0 aliphatic carbocycles. The molecule has 0 amide bonds. The summed E-state index contributed by atoms with van der Waals surface area (Å²) in [7, 11) is 1.56. The number of isocyanates is 1. The Morgan fingerprint density at radius 3 is 3.13 bits per heavy atom. The van der Waals surface area contributed by atoms with Gasteiger partial charge in [0.15, 0.2) is 11.5 Å². The van der Waals surface area contributed by atoms with E-state index in [9.17, 15) is 4.79 Å². The van der Waals surface area contributed by atoms with Crippen LogP contribution in [0.2, 0.25) is 0 Å². The van der Waals surface area contributed by atoms with Gasteiger partial charge in [0.05, 0.1) is 13.7 Å². The number of methoxy groups -OCH3 is 1. The molecule has 78 valence electrons. The molecule has 0 bridgehead atoms. The maximum atomic E-state index is 10.0. The van der Waals surface area contributed by atoms with Gasteiger partial charge in [-0.05, 0) is 6.07 Å². The van der Waals surface area contributed by atoms with Crippen LogP contribution in [0.5, 0.6) is 17.2 Å². The van der Waals surface area contributed by atoms with E-state index in [-0.39, 0.29) is 13.3 Å². The Morgan fingerprint density at radius 2 is 2.40 bits per heavy atom. The largest absolute Gasteiger partial charge is 0.497 e. The number of carbonyl (C=O) groups excluding carboxylic acids is 1. The highest BCUT2D eigenvalue weighted by molar-refractivity contribution is 5.53. The summed E-state index contributed by atoms with van der Waals surface area (Å²) in [5.74, 6) is 1.88. The van der Waals surface area contributed by atoms with Gasteiger partial charge in [0, 0.05) is 11.6 Å². The summed E-state index contributed by atoms with van der Waals surface area (Å²) >= 11 is 0. The van der Waals surface area contributed by atoms with Crippen molar-refractivity contribution < 1.29 is 19.0 Å². The Hall–Kier alpha value is -2.00. The maximum Gasteiger partial charge on any atom is 0.235 e. The number of rotatable bonds is 3. The average molecular weight is 207 g/mol. The lowest BCUT2D eigenvalue weighted by molar-refractivity contribution is 0.173. The number of benzene rings is 1. The molecule has 0 unspecified atom stereocenters. The molecule has 0 radical (unpaired) electrons. The SMILES string of the molecule is COc1cc(CN=C=O)c2c(c1)OCO2. The summed E-state index contributed by atoms with van der Waals surface area (Å²) in [6.07, 6.45) is 1.48. The first-order valence-corrected chi connectivity index (χ1v) is 4.35. The number of nitrogens with zero attached hydrogens (tertiary/aromatic N) is 1. The summed E-state index contributed by atoms with van der Waals surface area (Å²) in [5, 5.41) is 0. The van der Waals surface area contributed by atoms with Crippen molar-refractivity contribution >= 4 is 6.08 Å². The zero-order chi connectivity index (χ0) is 10.7. The summed E-state index contributed by atoms with van der Waals surface area (Å²) in [6, 6.07) is 3.49.